The van der Waals surface area contributed by atoms with Crippen LogP contribution in [0.15, 0.2) is 42.5 Å². The van der Waals surface area contributed by atoms with Gasteiger partial charge in [0, 0.05) is 0 Å². The second kappa shape index (κ2) is 4.77. The highest BCUT2D eigenvalue weighted by Gasteiger charge is 1.97. The molecule has 2 rings (SSSR count). The molecule has 0 spiro atoms. The second-order valence-electron chi connectivity index (χ2n) is 3.39. The maximum atomic E-state index is 2.23. The first-order chi connectivity index (χ1) is 6.42. The van der Waals surface area contributed by atoms with Gasteiger partial charge >= 0.3 is 0 Å². The van der Waals surface area contributed by atoms with Gasteiger partial charge < -0.3 is 5.48 Å². The summed E-state index contributed by atoms with van der Waals surface area (Å²) >= 11 is 0. The molecule has 0 aliphatic rings. The molecule has 0 atom stereocenters. The van der Waals surface area contributed by atoms with Crippen LogP contribution >= 0.6 is 0 Å². The van der Waals surface area contributed by atoms with E-state index in [1.807, 2.05) is 0 Å². The maximum Gasteiger partial charge on any atom is -0.0152 e. The topological polar surface area (TPSA) is 31.5 Å². The van der Waals surface area contributed by atoms with Crippen LogP contribution in [-0.2, 0) is 6.42 Å². The molecule has 0 bridgehead atoms. The van der Waals surface area contributed by atoms with Crippen LogP contribution in [0.2, 0.25) is 0 Å². The molecule has 2 N–H and O–H groups in total. The van der Waals surface area contributed by atoms with Crippen molar-refractivity contribution in [1.82, 2.24) is 0 Å². The SMILES string of the molecule is CCCc1cccc2ccccc12.O. The molecule has 2 aromatic carbocycles. The van der Waals surface area contributed by atoms with Crippen molar-refractivity contribution in [2.24, 2.45) is 0 Å². The van der Waals surface area contributed by atoms with Crippen molar-refractivity contribution < 1.29 is 5.48 Å². The fraction of sp³-hybridized carbons (Fsp3) is 0.231. The third kappa shape index (κ3) is 1.94. The summed E-state index contributed by atoms with van der Waals surface area (Å²) in [6.45, 7) is 2.22. The molecule has 0 aromatic heterocycles. The molecule has 0 aliphatic carbocycles. The van der Waals surface area contributed by atoms with Crippen LogP contribution < -0.4 is 0 Å². The van der Waals surface area contributed by atoms with Gasteiger partial charge in [-0.1, -0.05) is 55.8 Å². The summed E-state index contributed by atoms with van der Waals surface area (Å²) < 4.78 is 0. The van der Waals surface area contributed by atoms with E-state index in [9.17, 15) is 0 Å². The molecule has 0 fully saturated rings. The number of hydrogen-bond acceptors (Lipinski definition) is 0. The standard InChI is InChI=1S/C13H14.H2O/c1-2-6-11-8-5-9-12-7-3-4-10-13(11)12;/h3-5,7-10H,2,6H2,1H3;1H2. The lowest BCUT2D eigenvalue weighted by Gasteiger charge is -2.03. The number of fused-ring (bicyclic) bond motifs is 1. The van der Waals surface area contributed by atoms with Crippen LogP contribution in [0, 0.1) is 0 Å². The number of rotatable bonds is 2. The molecule has 14 heavy (non-hydrogen) atoms. The Morgan fingerprint density at radius 3 is 2.43 bits per heavy atom. The molecule has 0 saturated heterocycles. The Balaban J connectivity index is 0.000000980. The minimum atomic E-state index is 0. The van der Waals surface area contributed by atoms with E-state index in [1.54, 1.807) is 0 Å². The average molecular weight is 188 g/mol. The van der Waals surface area contributed by atoms with Gasteiger partial charge in [0.1, 0.15) is 0 Å². The number of hydrogen-bond donors (Lipinski definition) is 0. The van der Waals surface area contributed by atoms with Crippen LogP contribution in [0.3, 0.4) is 0 Å². The van der Waals surface area contributed by atoms with Crippen molar-refractivity contribution in [3.8, 4) is 0 Å². The molecular weight excluding hydrogens is 172 g/mol. The van der Waals surface area contributed by atoms with Gasteiger partial charge in [-0.3, -0.25) is 0 Å². The lowest BCUT2D eigenvalue weighted by Crippen LogP contribution is -1.84. The summed E-state index contributed by atoms with van der Waals surface area (Å²) in [4.78, 5) is 0. The lowest BCUT2D eigenvalue weighted by atomic mass is 10.0. The molecule has 0 radical (unpaired) electrons. The van der Waals surface area contributed by atoms with E-state index in [2.05, 4.69) is 49.4 Å². The minimum absolute atomic E-state index is 0. The Hall–Kier alpha value is -1.34. The van der Waals surface area contributed by atoms with E-state index in [1.165, 1.54) is 29.2 Å². The van der Waals surface area contributed by atoms with Gasteiger partial charge in [0.2, 0.25) is 0 Å². The van der Waals surface area contributed by atoms with Crippen LogP contribution in [0.4, 0.5) is 0 Å². The summed E-state index contributed by atoms with van der Waals surface area (Å²) in [5, 5.41) is 2.76. The molecule has 2 aromatic rings. The smallest absolute Gasteiger partial charge is 0.0152 e. The first-order valence-corrected chi connectivity index (χ1v) is 4.88. The molecule has 1 heteroatoms. The van der Waals surface area contributed by atoms with Crippen LogP contribution in [0.1, 0.15) is 18.9 Å². The third-order valence-corrected chi connectivity index (χ3v) is 2.40. The Morgan fingerprint density at radius 2 is 1.64 bits per heavy atom. The van der Waals surface area contributed by atoms with Crippen LogP contribution in [-0.4, -0.2) is 5.48 Å². The quantitative estimate of drug-likeness (QED) is 0.694. The van der Waals surface area contributed by atoms with Gasteiger partial charge in [-0.05, 0) is 22.8 Å². The van der Waals surface area contributed by atoms with Gasteiger partial charge in [-0.25, -0.2) is 0 Å². The van der Waals surface area contributed by atoms with Gasteiger partial charge in [-0.2, -0.15) is 0 Å². The monoisotopic (exact) mass is 188 g/mol. The Morgan fingerprint density at radius 1 is 0.929 bits per heavy atom. The summed E-state index contributed by atoms with van der Waals surface area (Å²) in [6, 6.07) is 15.1. The second-order valence-corrected chi connectivity index (χ2v) is 3.39. The average Bonchev–Trinajstić information content (AvgIpc) is 2.19. The fourth-order valence-electron chi connectivity index (χ4n) is 1.78. The molecule has 1 nitrogen and oxygen atoms in total. The molecule has 0 amide bonds. The maximum absolute atomic E-state index is 2.23. The van der Waals surface area contributed by atoms with Crippen LogP contribution in [0.5, 0.6) is 0 Å². The third-order valence-electron chi connectivity index (χ3n) is 2.40. The molecule has 0 saturated carbocycles. The zero-order valence-electron chi connectivity index (χ0n) is 8.46. The molecule has 0 unspecified atom stereocenters. The Bertz CT molecular complexity index is 401. The summed E-state index contributed by atoms with van der Waals surface area (Å²) in [7, 11) is 0. The first-order valence-electron chi connectivity index (χ1n) is 4.88. The van der Waals surface area contributed by atoms with E-state index in [0.717, 1.165) is 0 Å². The highest BCUT2D eigenvalue weighted by Crippen LogP contribution is 2.19. The van der Waals surface area contributed by atoms with Crippen LogP contribution in [0.25, 0.3) is 10.8 Å². The molecule has 0 aliphatic heterocycles. The van der Waals surface area contributed by atoms with Crippen molar-refractivity contribution >= 4 is 10.8 Å². The summed E-state index contributed by atoms with van der Waals surface area (Å²) in [5.41, 5.74) is 1.47. The Labute approximate surface area is 84.7 Å². The van der Waals surface area contributed by atoms with E-state index in [0.29, 0.717) is 0 Å². The first kappa shape index (κ1) is 10.7. The van der Waals surface area contributed by atoms with Crippen molar-refractivity contribution in [3.05, 3.63) is 48.0 Å². The van der Waals surface area contributed by atoms with E-state index in [-0.39, 0.29) is 5.48 Å². The largest absolute Gasteiger partial charge is 0.412 e. The van der Waals surface area contributed by atoms with Crippen molar-refractivity contribution in [2.75, 3.05) is 0 Å². The predicted molar refractivity (Wildman–Crippen MR) is 61.6 cm³/mol. The zero-order valence-corrected chi connectivity index (χ0v) is 8.46. The highest BCUT2D eigenvalue weighted by atomic mass is 16.0. The van der Waals surface area contributed by atoms with Crippen molar-refractivity contribution in [2.45, 2.75) is 19.8 Å². The Kier molecular flexibility index (Phi) is 3.66. The predicted octanol–water partition coefficient (Wildman–Crippen LogP) is 2.97. The summed E-state index contributed by atoms with van der Waals surface area (Å²) in [6.07, 6.45) is 2.40. The van der Waals surface area contributed by atoms with Gasteiger partial charge in [-0.15, -0.1) is 0 Å². The van der Waals surface area contributed by atoms with Gasteiger partial charge in [0.05, 0.1) is 0 Å². The van der Waals surface area contributed by atoms with Gasteiger partial charge in [0.15, 0.2) is 0 Å². The van der Waals surface area contributed by atoms with E-state index in [4.69, 9.17) is 0 Å². The number of benzene rings is 2. The fourth-order valence-corrected chi connectivity index (χ4v) is 1.78. The van der Waals surface area contributed by atoms with Crippen molar-refractivity contribution in [3.63, 3.8) is 0 Å². The molecular formula is C13H16O. The zero-order chi connectivity index (χ0) is 9.10. The lowest BCUT2D eigenvalue weighted by molar-refractivity contribution is 0.824. The molecule has 0 heterocycles. The normalized spacial score (nSPS) is 9.79. The van der Waals surface area contributed by atoms with Crippen molar-refractivity contribution in [1.29, 1.82) is 0 Å². The van der Waals surface area contributed by atoms with E-state index < -0.39 is 0 Å². The summed E-state index contributed by atoms with van der Waals surface area (Å²) in [5.74, 6) is 0. The molecule has 74 valence electrons. The highest BCUT2D eigenvalue weighted by molar-refractivity contribution is 5.85. The van der Waals surface area contributed by atoms with E-state index >= 15 is 0 Å². The minimum Gasteiger partial charge on any atom is -0.412 e. The number of aryl methyl sites for hydroxylation is 1. The van der Waals surface area contributed by atoms with Gasteiger partial charge in [0.25, 0.3) is 0 Å².